The Morgan fingerprint density at radius 3 is 2.65 bits per heavy atom. The molecule has 0 radical (unpaired) electrons. The van der Waals surface area contributed by atoms with E-state index in [1.165, 1.54) is 0 Å². The van der Waals surface area contributed by atoms with Crippen molar-refractivity contribution < 1.29 is 9.47 Å². The SMILES string of the molecule is COc1ccc2c(Nc3c(C)cncc3C)cc(OCCCCc3nn[nH]n3)nc2c1. The summed E-state index contributed by atoms with van der Waals surface area (Å²) < 4.78 is 11.4. The third-order valence-corrected chi connectivity index (χ3v) is 5.01. The molecule has 1 aromatic carbocycles. The van der Waals surface area contributed by atoms with Crippen LogP contribution in [0.1, 0.15) is 29.8 Å². The second kappa shape index (κ2) is 9.38. The molecule has 0 unspecified atom stereocenters. The molecule has 0 spiro atoms. The predicted octanol–water partition coefficient (Wildman–Crippen LogP) is 3.91. The highest BCUT2D eigenvalue weighted by Gasteiger charge is 2.11. The predicted molar refractivity (Wildman–Crippen MR) is 118 cm³/mol. The summed E-state index contributed by atoms with van der Waals surface area (Å²) in [7, 11) is 1.65. The maximum absolute atomic E-state index is 5.98. The summed E-state index contributed by atoms with van der Waals surface area (Å²) in [5.74, 6) is 2.03. The quantitative estimate of drug-likeness (QED) is 0.393. The van der Waals surface area contributed by atoms with Crippen molar-refractivity contribution in [3.8, 4) is 11.6 Å². The second-order valence-electron chi connectivity index (χ2n) is 7.30. The second-order valence-corrected chi connectivity index (χ2v) is 7.30. The highest BCUT2D eigenvalue weighted by atomic mass is 16.5. The fourth-order valence-corrected chi connectivity index (χ4v) is 3.37. The summed E-state index contributed by atoms with van der Waals surface area (Å²) >= 11 is 0. The first-order chi connectivity index (χ1) is 15.1. The van der Waals surface area contributed by atoms with Gasteiger partial charge < -0.3 is 14.8 Å². The van der Waals surface area contributed by atoms with Gasteiger partial charge in [-0.2, -0.15) is 5.21 Å². The molecule has 0 fully saturated rings. The first kappa shape index (κ1) is 20.5. The molecule has 3 heterocycles. The summed E-state index contributed by atoms with van der Waals surface area (Å²) in [5.41, 5.74) is 4.90. The maximum Gasteiger partial charge on any atom is 0.215 e. The van der Waals surface area contributed by atoms with E-state index in [2.05, 4.69) is 35.9 Å². The van der Waals surface area contributed by atoms with Crippen LogP contribution in [-0.2, 0) is 6.42 Å². The molecule has 0 saturated heterocycles. The van der Waals surface area contributed by atoms with Crippen LogP contribution in [0.3, 0.4) is 0 Å². The number of pyridine rings is 2. The molecule has 4 rings (SSSR count). The zero-order chi connectivity index (χ0) is 21.6. The van der Waals surface area contributed by atoms with Gasteiger partial charge in [-0.1, -0.05) is 5.21 Å². The number of unbranched alkanes of at least 4 members (excludes halogenated alkanes) is 1. The summed E-state index contributed by atoms with van der Waals surface area (Å²) in [4.78, 5) is 8.94. The topological polar surface area (TPSA) is 111 Å². The van der Waals surface area contributed by atoms with Crippen molar-refractivity contribution in [1.29, 1.82) is 0 Å². The van der Waals surface area contributed by atoms with Gasteiger partial charge in [0.15, 0.2) is 5.82 Å². The number of H-pyrrole nitrogens is 1. The van der Waals surface area contributed by atoms with Crippen LogP contribution in [0.15, 0.2) is 36.7 Å². The third-order valence-electron chi connectivity index (χ3n) is 5.01. The van der Waals surface area contributed by atoms with Gasteiger partial charge in [0, 0.05) is 42.0 Å². The van der Waals surface area contributed by atoms with E-state index in [0.717, 1.165) is 58.4 Å². The minimum atomic E-state index is 0.549. The fraction of sp³-hybridized carbons (Fsp3) is 0.318. The van der Waals surface area contributed by atoms with Crippen molar-refractivity contribution in [2.75, 3.05) is 19.0 Å². The van der Waals surface area contributed by atoms with E-state index in [-0.39, 0.29) is 0 Å². The highest BCUT2D eigenvalue weighted by molar-refractivity contribution is 5.94. The van der Waals surface area contributed by atoms with Crippen LogP contribution in [0.25, 0.3) is 10.9 Å². The maximum atomic E-state index is 5.98. The van der Waals surface area contributed by atoms with Crippen LogP contribution >= 0.6 is 0 Å². The Hall–Kier alpha value is -3.75. The average molecular weight is 419 g/mol. The lowest BCUT2D eigenvalue weighted by Gasteiger charge is -2.16. The molecule has 2 N–H and O–H groups in total. The number of hydrogen-bond donors (Lipinski definition) is 2. The molecule has 0 saturated carbocycles. The van der Waals surface area contributed by atoms with Crippen LogP contribution in [0.5, 0.6) is 11.6 Å². The molecule has 9 nitrogen and oxygen atoms in total. The molecular weight excluding hydrogens is 394 g/mol. The van der Waals surface area contributed by atoms with Gasteiger partial charge in [0.2, 0.25) is 5.88 Å². The number of ether oxygens (including phenoxy) is 2. The van der Waals surface area contributed by atoms with E-state index in [1.807, 2.05) is 50.5 Å². The van der Waals surface area contributed by atoms with Gasteiger partial charge in [-0.15, -0.1) is 10.2 Å². The monoisotopic (exact) mass is 419 g/mol. The van der Waals surface area contributed by atoms with Gasteiger partial charge in [0.25, 0.3) is 0 Å². The van der Waals surface area contributed by atoms with Gasteiger partial charge in [0.1, 0.15) is 5.75 Å². The summed E-state index contributed by atoms with van der Waals surface area (Å²) in [6.45, 7) is 4.62. The number of rotatable bonds is 9. The Bertz CT molecular complexity index is 1140. The van der Waals surface area contributed by atoms with Gasteiger partial charge in [-0.3, -0.25) is 4.98 Å². The first-order valence-corrected chi connectivity index (χ1v) is 10.2. The van der Waals surface area contributed by atoms with Gasteiger partial charge in [0.05, 0.1) is 24.9 Å². The zero-order valence-corrected chi connectivity index (χ0v) is 17.8. The number of anilines is 2. The van der Waals surface area contributed by atoms with Crippen molar-refractivity contribution in [3.63, 3.8) is 0 Å². The van der Waals surface area contributed by atoms with Gasteiger partial charge in [-0.05, 0) is 49.9 Å². The van der Waals surface area contributed by atoms with Crippen LogP contribution in [0.2, 0.25) is 0 Å². The number of aromatic amines is 1. The smallest absolute Gasteiger partial charge is 0.215 e. The van der Waals surface area contributed by atoms with Crippen LogP contribution in [-0.4, -0.2) is 44.3 Å². The lowest BCUT2D eigenvalue weighted by Crippen LogP contribution is -2.03. The van der Waals surface area contributed by atoms with E-state index in [1.54, 1.807) is 7.11 Å². The Labute approximate surface area is 180 Å². The molecule has 0 amide bonds. The van der Waals surface area contributed by atoms with Crippen LogP contribution in [0, 0.1) is 13.8 Å². The van der Waals surface area contributed by atoms with Gasteiger partial charge in [-0.25, -0.2) is 4.98 Å². The number of nitrogens with zero attached hydrogens (tertiary/aromatic N) is 5. The number of aromatic nitrogens is 6. The van der Waals surface area contributed by atoms with Crippen molar-refractivity contribution in [1.82, 2.24) is 30.6 Å². The lowest BCUT2D eigenvalue weighted by molar-refractivity contribution is 0.296. The number of aryl methyl sites for hydroxylation is 3. The van der Waals surface area contributed by atoms with Crippen LogP contribution in [0.4, 0.5) is 11.4 Å². The van der Waals surface area contributed by atoms with E-state index in [9.17, 15) is 0 Å². The Kier molecular flexibility index (Phi) is 6.21. The minimum Gasteiger partial charge on any atom is -0.497 e. The summed E-state index contributed by atoms with van der Waals surface area (Å²) in [5, 5.41) is 18.5. The molecule has 0 bridgehead atoms. The average Bonchev–Trinajstić information content (AvgIpc) is 3.29. The van der Waals surface area contributed by atoms with Crippen molar-refractivity contribution in [2.45, 2.75) is 33.1 Å². The van der Waals surface area contributed by atoms with E-state index in [0.29, 0.717) is 18.3 Å². The molecule has 3 aromatic heterocycles. The van der Waals surface area contributed by atoms with Gasteiger partial charge >= 0.3 is 0 Å². The lowest BCUT2D eigenvalue weighted by atomic mass is 10.1. The molecule has 9 heteroatoms. The number of methoxy groups -OCH3 is 1. The number of tetrazole rings is 1. The van der Waals surface area contributed by atoms with Crippen molar-refractivity contribution >= 4 is 22.3 Å². The summed E-state index contributed by atoms with van der Waals surface area (Å²) in [6.07, 6.45) is 6.22. The van der Waals surface area contributed by atoms with Crippen LogP contribution < -0.4 is 14.8 Å². The Balaban J connectivity index is 1.55. The number of nitrogens with one attached hydrogen (secondary N) is 2. The van der Waals surface area contributed by atoms with Crippen molar-refractivity contribution in [2.24, 2.45) is 0 Å². The molecule has 0 aliphatic carbocycles. The molecule has 0 aliphatic heterocycles. The van der Waals surface area contributed by atoms with E-state index >= 15 is 0 Å². The number of hydrogen-bond acceptors (Lipinski definition) is 8. The Morgan fingerprint density at radius 2 is 1.90 bits per heavy atom. The minimum absolute atomic E-state index is 0.549. The number of benzene rings is 1. The molecule has 4 aromatic rings. The standard InChI is InChI=1S/C22H25N7O2/c1-14-12-23-13-15(2)22(14)25-19-11-21(24-18-10-16(30-3)7-8-17(18)19)31-9-5-4-6-20-26-28-29-27-20/h7-8,10-13H,4-6,9H2,1-3H3,(H,23,24,25)(H,26,27,28,29). The third kappa shape index (κ3) is 4.88. The zero-order valence-electron chi connectivity index (χ0n) is 17.8. The fourth-order valence-electron chi connectivity index (χ4n) is 3.37. The summed E-state index contributed by atoms with van der Waals surface area (Å²) in [6, 6.07) is 7.78. The van der Waals surface area contributed by atoms with E-state index < -0.39 is 0 Å². The number of fused-ring (bicyclic) bond motifs is 1. The molecule has 160 valence electrons. The molecule has 31 heavy (non-hydrogen) atoms. The largest absolute Gasteiger partial charge is 0.497 e. The van der Waals surface area contributed by atoms with E-state index in [4.69, 9.17) is 9.47 Å². The first-order valence-electron chi connectivity index (χ1n) is 10.2. The highest BCUT2D eigenvalue weighted by Crippen LogP contribution is 2.33. The normalized spacial score (nSPS) is 10.9. The Morgan fingerprint density at radius 1 is 1.06 bits per heavy atom. The molecule has 0 atom stereocenters. The molecular formula is C22H25N7O2. The van der Waals surface area contributed by atoms with Crippen molar-refractivity contribution in [3.05, 3.63) is 53.6 Å². The molecule has 0 aliphatic rings.